The number of fused-ring (bicyclic) bond motifs is 1. The molecule has 0 amide bonds. The molecule has 3 heterocycles. The molecule has 3 rings (SSSR count). The summed E-state index contributed by atoms with van der Waals surface area (Å²) in [6.45, 7) is 5.53. The summed E-state index contributed by atoms with van der Waals surface area (Å²) in [7, 11) is -3.28. The van der Waals surface area contributed by atoms with Crippen LogP contribution in [0, 0.1) is 0 Å². The molecule has 26 heavy (non-hydrogen) atoms. The zero-order chi connectivity index (χ0) is 19.5. The molecule has 5 atom stereocenters. The maximum atomic E-state index is 12.5. The number of rotatable bonds is 5. The minimum atomic E-state index is -4.36. The standard InChI is InChI=1S/C15H18O10S/c1-7(2)12(17)22-6-9(16)23-10-8-5-15(13(18)21-4)14(3,24-8)11(10)25-26(15,19)20/h8,10-11H,1,5-6H2,2-4H3. The maximum Gasteiger partial charge on any atom is 0.344 e. The molecule has 10 nitrogen and oxygen atoms in total. The van der Waals surface area contributed by atoms with Crippen LogP contribution in [0.15, 0.2) is 12.2 Å². The first-order chi connectivity index (χ1) is 12.0. The normalized spacial score (nSPS) is 38.7. The average Bonchev–Trinajstić information content (AvgIpc) is 3.04. The van der Waals surface area contributed by atoms with Crippen LogP contribution in [0.5, 0.6) is 0 Å². The first-order valence-corrected chi connectivity index (χ1v) is 9.12. The van der Waals surface area contributed by atoms with Gasteiger partial charge in [0.25, 0.3) is 10.1 Å². The van der Waals surface area contributed by atoms with Crippen molar-refractivity contribution >= 4 is 28.0 Å². The fraction of sp³-hybridized carbons (Fsp3) is 0.667. The van der Waals surface area contributed by atoms with Gasteiger partial charge in [0.15, 0.2) is 12.7 Å². The fourth-order valence-corrected chi connectivity index (χ4v) is 5.81. The Morgan fingerprint density at radius 3 is 2.54 bits per heavy atom. The largest absolute Gasteiger partial charge is 0.468 e. The molecule has 11 heteroatoms. The average molecular weight is 390 g/mol. The van der Waals surface area contributed by atoms with E-state index >= 15 is 0 Å². The van der Waals surface area contributed by atoms with E-state index in [1.54, 1.807) is 0 Å². The third kappa shape index (κ3) is 2.23. The van der Waals surface area contributed by atoms with Crippen LogP contribution >= 0.6 is 0 Å². The van der Waals surface area contributed by atoms with Gasteiger partial charge in [-0.2, -0.15) is 8.42 Å². The number of carbonyl (C=O) groups excluding carboxylic acids is 3. The molecule has 144 valence electrons. The minimum Gasteiger partial charge on any atom is -0.468 e. The van der Waals surface area contributed by atoms with Crippen LogP contribution < -0.4 is 0 Å². The Bertz CT molecular complexity index is 801. The lowest BCUT2D eigenvalue weighted by molar-refractivity contribution is -0.165. The van der Waals surface area contributed by atoms with E-state index in [1.807, 2.05) is 0 Å². The smallest absolute Gasteiger partial charge is 0.344 e. The third-order valence-corrected chi connectivity index (χ3v) is 7.06. The molecule has 0 N–H and O–H groups in total. The van der Waals surface area contributed by atoms with E-state index in [2.05, 4.69) is 16.1 Å². The van der Waals surface area contributed by atoms with Crippen LogP contribution in [0.1, 0.15) is 20.3 Å². The summed E-state index contributed by atoms with van der Waals surface area (Å²) in [4.78, 5) is 35.5. The molecule has 2 bridgehead atoms. The van der Waals surface area contributed by atoms with E-state index in [-0.39, 0.29) is 12.0 Å². The summed E-state index contributed by atoms with van der Waals surface area (Å²) in [6, 6.07) is 0. The van der Waals surface area contributed by atoms with Crippen molar-refractivity contribution < 1.29 is 45.9 Å². The summed E-state index contributed by atoms with van der Waals surface area (Å²) < 4.78 is 48.3. The molecular formula is C15H18O10S. The van der Waals surface area contributed by atoms with Gasteiger partial charge in [0.05, 0.1) is 7.11 Å². The molecule has 0 aromatic rings. The van der Waals surface area contributed by atoms with Crippen LogP contribution in [0.25, 0.3) is 0 Å². The summed E-state index contributed by atoms with van der Waals surface area (Å²) in [5, 5.41) is 0. The summed E-state index contributed by atoms with van der Waals surface area (Å²) in [6.07, 6.45) is -3.40. The molecule has 3 saturated heterocycles. The number of ether oxygens (including phenoxy) is 4. The molecule has 3 aliphatic rings. The van der Waals surface area contributed by atoms with Gasteiger partial charge in [-0.1, -0.05) is 6.58 Å². The number of hydrogen-bond donors (Lipinski definition) is 0. The zero-order valence-corrected chi connectivity index (χ0v) is 15.2. The minimum absolute atomic E-state index is 0.113. The Labute approximate surface area is 149 Å². The van der Waals surface area contributed by atoms with Crippen LogP contribution in [0.3, 0.4) is 0 Å². The second-order valence-corrected chi connectivity index (χ2v) is 8.37. The SMILES string of the molecule is C=C(C)C(=O)OCC(=O)OC1C2CC3(C(=O)OC)C(C)(O2)C1OS3(=O)=O. The van der Waals surface area contributed by atoms with Crippen LogP contribution in [-0.2, 0) is 47.6 Å². The lowest BCUT2D eigenvalue weighted by Crippen LogP contribution is -2.61. The second-order valence-electron chi connectivity index (χ2n) is 6.57. The monoisotopic (exact) mass is 390 g/mol. The molecule has 0 spiro atoms. The fourth-order valence-electron chi connectivity index (χ4n) is 3.77. The van der Waals surface area contributed by atoms with E-state index in [0.717, 1.165) is 7.11 Å². The van der Waals surface area contributed by atoms with Gasteiger partial charge in [-0.3, -0.25) is 8.98 Å². The lowest BCUT2D eigenvalue weighted by atomic mass is 9.75. The van der Waals surface area contributed by atoms with Crippen molar-refractivity contribution in [2.45, 2.75) is 48.9 Å². The Morgan fingerprint density at radius 1 is 1.31 bits per heavy atom. The van der Waals surface area contributed by atoms with E-state index in [9.17, 15) is 22.8 Å². The molecule has 0 radical (unpaired) electrons. The van der Waals surface area contributed by atoms with Crippen LogP contribution in [0.2, 0.25) is 0 Å². The lowest BCUT2D eigenvalue weighted by Gasteiger charge is -2.33. The van der Waals surface area contributed by atoms with Crippen LogP contribution in [0.4, 0.5) is 0 Å². The summed E-state index contributed by atoms with van der Waals surface area (Å²) >= 11 is 0. The van der Waals surface area contributed by atoms with Crippen molar-refractivity contribution in [2.24, 2.45) is 0 Å². The van der Waals surface area contributed by atoms with Gasteiger partial charge in [0, 0.05) is 12.0 Å². The second kappa shape index (κ2) is 5.76. The molecule has 5 unspecified atom stereocenters. The van der Waals surface area contributed by atoms with Crippen molar-refractivity contribution in [3.8, 4) is 0 Å². The number of esters is 3. The van der Waals surface area contributed by atoms with Gasteiger partial charge in [-0.05, 0) is 13.8 Å². The predicted octanol–water partition coefficient (Wildman–Crippen LogP) is -0.781. The zero-order valence-electron chi connectivity index (χ0n) is 14.3. The highest BCUT2D eigenvalue weighted by molar-refractivity contribution is 7.89. The Hall–Kier alpha value is -1.98. The highest BCUT2D eigenvalue weighted by atomic mass is 32.2. The van der Waals surface area contributed by atoms with E-state index in [1.165, 1.54) is 13.8 Å². The van der Waals surface area contributed by atoms with Gasteiger partial charge in [0.1, 0.15) is 17.8 Å². The van der Waals surface area contributed by atoms with Gasteiger partial charge >= 0.3 is 17.9 Å². The number of carbonyl (C=O) groups is 3. The Kier molecular flexibility index (Phi) is 4.17. The van der Waals surface area contributed by atoms with E-state index in [0.29, 0.717) is 0 Å². The van der Waals surface area contributed by atoms with Crippen molar-refractivity contribution in [3.63, 3.8) is 0 Å². The molecule has 3 aliphatic heterocycles. The highest BCUT2D eigenvalue weighted by Gasteiger charge is 2.85. The molecule has 0 saturated carbocycles. The first-order valence-electron chi connectivity index (χ1n) is 7.71. The van der Waals surface area contributed by atoms with Gasteiger partial charge in [0.2, 0.25) is 4.75 Å². The van der Waals surface area contributed by atoms with Gasteiger partial charge < -0.3 is 18.9 Å². The molecule has 0 aromatic heterocycles. The van der Waals surface area contributed by atoms with Gasteiger partial charge in [-0.25, -0.2) is 9.59 Å². The molecule has 3 fully saturated rings. The topological polar surface area (TPSA) is 132 Å². The maximum absolute atomic E-state index is 12.5. The quantitative estimate of drug-likeness (QED) is 0.255. The number of hydrogen-bond acceptors (Lipinski definition) is 10. The molecular weight excluding hydrogens is 372 g/mol. The predicted molar refractivity (Wildman–Crippen MR) is 82.1 cm³/mol. The van der Waals surface area contributed by atoms with Crippen LogP contribution in [-0.4, -0.2) is 68.7 Å². The van der Waals surface area contributed by atoms with E-state index < -0.39 is 63.3 Å². The Balaban J connectivity index is 1.78. The number of methoxy groups -OCH3 is 1. The summed E-state index contributed by atoms with van der Waals surface area (Å²) in [5.74, 6) is -2.64. The third-order valence-electron chi connectivity index (χ3n) is 5.00. The molecule has 0 aliphatic carbocycles. The Morgan fingerprint density at radius 2 is 1.96 bits per heavy atom. The first kappa shape index (κ1) is 18.8. The van der Waals surface area contributed by atoms with Crippen molar-refractivity contribution in [1.82, 2.24) is 0 Å². The van der Waals surface area contributed by atoms with Crippen molar-refractivity contribution in [1.29, 1.82) is 0 Å². The molecule has 0 aromatic carbocycles. The van der Waals surface area contributed by atoms with E-state index in [4.69, 9.17) is 13.7 Å². The van der Waals surface area contributed by atoms with Gasteiger partial charge in [-0.15, -0.1) is 0 Å². The summed E-state index contributed by atoms with van der Waals surface area (Å²) in [5.41, 5.74) is -1.44. The highest BCUT2D eigenvalue weighted by Crippen LogP contribution is 2.61. The van der Waals surface area contributed by atoms with Crippen molar-refractivity contribution in [2.75, 3.05) is 13.7 Å². The van der Waals surface area contributed by atoms with Crippen molar-refractivity contribution in [3.05, 3.63) is 12.2 Å².